The molecule has 7 aliphatic carbocycles. The maximum atomic E-state index is 14.1. The van der Waals surface area contributed by atoms with Crippen molar-refractivity contribution < 1.29 is 19.1 Å². The summed E-state index contributed by atoms with van der Waals surface area (Å²) in [6.45, 7) is 4.74. The zero-order chi connectivity index (χ0) is 35.2. The monoisotopic (exact) mass is 725 g/mol. The van der Waals surface area contributed by atoms with E-state index in [2.05, 4.69) is 25.6 Å². The van der Waals surface area contributed by atoms with Gasteiger partial charge in [-0.1, -0.05) is 46.0 Å². The zero-order valence-corrected chi connectivity index (χ0v) is 33.7. The number of carbonyl (C=O) groups is 2. The number of thioether (sulfide) groups is 1. The van der Waals surface area contributed by atoms with Crippen LogP contribution in [0.4, 0.5) is 0 Å². The molecule has 7 saturated carbocycles. The van der Waals surface area contributed by atoms with Crippen molar-refractivity contribution in [3.8, 4) is 0 Å². The van der Waals surface area contributed by atoms with Crippen LogP contribution in [0.25, 0.3) is 0 Å². The predicted molar refractivity (Wildman–Crippen MR) is 211 cm³/mol. The molecule has 0 aliphatic heterocycles. The fraction of sp³-hybridized carbons (Fsp3) is 0.957. The molecule has 7 fully saturated rings. The van der Waals surface area contributed by atoms with Crippen LogP contribution in [0.3, 0.4) is 0 Å². The van der Waals surface area contributed by atoms with Gasteiger partial charge < -0.3 is 9.47 Å². The highest BCUT2D eigenvalue weighted by Crippen LogP contribution is 2.48. The molecule has 7 aliphatic rings. The molecule has 0 aromatic rings. The molecule has 0 bridgehead atoms. The molecule has 7 rings (SSSR count). The summed E-state index contributed by atoms with van der Waals surface area (Å²) >= 11 is 2.30. The standard InChI is InChI=1S/C46H76O4S/c1-31-8-11-34(12-9-31)45(47)35-18-28-43(29-19-35)51-42-26-16-33(17-27-42)37-13-10-32(2)44(30-37)46(48)36-14-20-39(21-15-36)50-41-24-22-40(23-25-41)49-38-6-4-3-5-7-38/h31-44H,3-30H2,1-2H3. The molecule has 5 heteroatoms. The third-order valence-electron chi connectivity index (χ3n) is 15.9. The highest BCUT2D eigenvalue weighted by atomic mass is 32.2. The van der Waals surface area contributed by atoms with E-state index in [1.54, 1.807) is 0 Å². The Hall–Kier alpha value is -0.390. The SMILES string of the molecule is CC1CCC(C(=O)C2CCC(SC3CCC(C4CCC(C)C(C(=O)C5CCC(OC6CCC(OC7CCCCC7)CC6)CC5)C4)CC3)CC2)CC1. The summed E-state index contributed by atoms with van der Waals surface area (Å²) in [4.78, 5) is 27.3. The van der Waals surface area contributed by atoms with E-state index in [1.807, 2.05) is 0 Å². The van der Waals surface area contributed by atoms with Gasteiger partial charge in [-0.05, 0) is 171 Å². The van der Waals surface area contributed by atoms with Gasteiger partial charge in [-0.2, -0.15) is 11.8 Å². The van der Waals surface area contributed by atoms with Gasteiger partial charge in [-0.25, -0.2) is 0 Å². The van der Waals surface area contributed by atoms with Crippen molar-refractivity contribution in [3.05, 3.63) is 0 Å². The van der Waals surface area contributed by atoms with Crippen LogP contribution in [0.1, 0.15) is 194 Å². The van der Waals surface area contributed by atoms with Crippen molar-refractivity contribution in [2.75, 3.05) is 0 Å². The Labute approximate surface area is 317 Å². The fourth-order valence-corrected chi connectivity index (χ4v) is 14.0. The van der Waals surface area contributed by atoms with Crippen molar-refractivity contribution >= 4 is 23.3 Å². The first-order valence-electron chi connectivity index (χ1n) is 22.9. The second kappa shape index (κ2) is 19.0. The second-order valence-corrected chi connectivity index (χ2v) is 21.1. The number of Topliss-reactive ketones (excluding diaryl/α,β-unsaturated/α-hetero) is 2. The summed E-state index contributed by atoms with van der Waals surface area (Å²) in [6, 6.07) is 0. The van der Waals surface area contributed by atoms with E-state index in [9.17, 15) is 9.59 Å². The molecular weight excluding hydrogens is 649 g/mol. The van der Waals surface area contributed by atoms with E-state index in [0.717, 1.165) is 92.5 Å². The van der Waals surface area contributed by atoms with Crippen LogP contribution in [0.15, 0.2) is 0 Å². The number of ether oxygens (including phenoxy) is 2. The summed E-state index contributed by atoms with van der Waals surface area (Å²) in [5, 5.41) is 1.60. The maximum absolute atomic E-state index is 14.1. The van der Waals surface area contributed by atoms with Crippen LogP contribution in [-0.2, 0) is 19.1 Å². The Bertz CT molecular complexity index is 1060. The molecule has 0 aromatic carbocycles. The third kappa shape index (κ3) is 10.7. The van der Waals surface area contributed by atoms with E-state index in [4.69, 9.17) is 9.47 Å². The molecule has 3 unspecified atom stereocenters. The molecule has 0 N–H and O–H groups in total. The average molecular weight is 725 g/mol. The number of rotatable bonds is 11. The van der Waals surface area contributed by atoms with E-state index in [1.165, 1.54) is 116 Å². The Morgan fingerprint density at radius 3 is 1.43 bits per heavy atom. The van der Waals surface area contributed by atoms with Crippen LogP contribution in [0.2, 0.25) is 0 Å². The minimum absolute atomic E-state index is 0.277. The van der Waals surface area contributed by atoms with E-state index in [0.29, 0.717) is 59.7 Å². The van der Waals surface area contributed by atoms with E-state index in [-0.39, 0.29) is 5.92 Å². The number of ketones is 2. The minimum atomic E-state index is 0.277. The smallest absolute Gasteiger partial charge is 0.139 e. The summed E-state index contributed by atoms with van der Waals surface area (Å²) in [7, 11) is 0. The molecule has 0 amide bonds. The van der Waals surface area contributed by atoms with E-state index >= 15 is 0 Å². The van der Waals surface area contributed by atoms with Crippen molar-refractivity contribution in [2.45, 2.75) is 229 Å². The normalized spacial score (nSPS) is 43.4. The van der Waals surface area contributed by atoms with Gasteiger partial charge >= 0.3 is 0 Å². The van der Waals surface area contributed by atoms with E-state index < -0.39 is 0 Å². The molecule has 51 heavy (non-hydrogen) atoms. The van der Waals surface area contributed by atoms with Gasteiger partial charge in [0.2, 0.25) is 0 Å². The van der Waals surface area contributed by atoms with Crippen molar-refractivity contribution in [2.24, 2.45) is 47.3 Å². The van der Waals surface area contributed by atoms with Gasteiger partial charge in [0.25, 0.3) is 0 Å². The van der Waals surface area contributed by atoms with Crippen LogP contribution < -0.4 is 0 Å². The Morgan fingerprint density at radius 1 is 0.431 bits per heavy atom. The van der Waals surface area contributed by atoms with Crippen molar-refractivity contribution in [1.82, 2.24) is 0 Å². The minimum Gasteiger partial charge on any atom is -0.375 e. The Morgan fingerprint density at radius 2 is 0.863 bits per heavy atom. The summed E-state index contributed by atoms with van der Waals surface area (Å²) < 4.78 is 13.2. The third-order valence-corrected chi connectivity index (χ3v) is 17.6. The number of hydrogen-bond acceptors (Lipinski definition) is 5. The van der Waals surface area contributed by atoms with Gasteiger partial charge in [0, 0.05) is 34.2 Å². The summed E-state index contributed by atoms with van der Waals surface area (Å²) in [5.74, 6) is 5.57. The van der Waals surface area contributed by atoms with Crippen molar-refractivity contribution in [3.63, 3.8) is 0 Å². The van der Waals surface area contributed by atoms with Gasteiger partial charge in [0.1, 0.15) is 11.6 Å². The number of hydrogen-bond donors (Lipinski definition) is 0. The number of carbonyl (C=O) groups excluding carboxylic acids is 2. The van der Waals surface area contributed by atoms with Gasteiger partial charge in [-0.15, -0.1) is 0 Å². The van der Waals surface area contributed by atoms with Crippen LogP contribution in [-0.4, -0.2) is 46.5 Å². The summed E-state index contributed by atoms with van der Waals surface area (Å²) in [6.07, 6.45) is 36.2. The molecule has 4 nitrogen and oxygen atoms in total. The Kier molecular flexibility index (Phi) is 14.5. The molecule has 0 heterocycles. The van der Waals surface area contributed by atoms with Crippen LogP contribution in [0, 0.1) is 47.3 Å². The lowest BCUT2D eigenvalue weighted by Crippen LogP contribution is -2.39. The molecule has 0 saturated heterocycles. The first-order chi connectivity index (χ1) is 24.9. The van der Waals surface area contributed by atoms with Gasteiger partial charge in [0.15, 0.2) is 0 Å². The molecule has 3 atom stereocenters. The first-order valence-corrected chi connectivity index (χ1v) is 23.9. The predicted octanol–water partition coefficient (Wildman–Crippen LogP) is 12.1. The molecule has 0 aromatic heterocycles. The molecular formula is C46H76O4S. The quantitative estimate of drug-likeness (QED) is 0.212. The van der Waals surface area contributed by atoms with Gasteiger partial charge in [-0.3, -0.25) is 9.59 Å². The molecule has 0 spiro atoms. The summed E-state index contributed by atoms with van der Waals surface area (Å²) in [5.41, 5.74) is 0. The zero-order valence-electron chi connectivity index (χ0n) is 32.9. The largest absolute Gasteiger partial charge is 0.375 e. The van der Waals surface area contributed by atoms with Gasteiger partial charge in [0.05, 0.1) is 24.4 Å². The van der Waals surface area contributed by atoms with Crippen LogP contribution >= 0.6 is 11.8 Å². The lowest BCUT2D eigenvalue weighted by atomic mass is 9.64. The fourth-order valence-electron chi connectivity index (χ4n) is 12.3. The average Bonchev–Trinajstić information content (AvgIpc) is 3.17. The van der Waals surface area contributed by atoms with Crippen LogP contribution in [0.5, 0.6) is 0 Å². The Balaban J connectivity index is 0.779. The molecule has 290 valence electrons. The topological polar surface area (TPSA) is 52.6 Å². The molecule has 0 radical (unpaired) electrons. The lowest BCUT2D eigenvalue weighted by Gasteiger charge is -2.42. The van der Waals surface area contributed by atoms with Crippen molar-refractivity contribution in [1.29, 1.82) is 0 Å². The maximum Gasteiger partial charge on any atom is 0.139 e. The highest BCUT2D eigenvalue weighted by molar-refractivity contribution is 8.00. The lowest BCUT2D eigenvalue weighted by molar-refractivity contribution is -0.134. The highest BCUT2D eigenvalue weighted by Gasteiger charge is 2.41. The first kappa shape index (κ1) is 38.9. The second-order valence-electron chi connectivity index (χ2n) is 19.5.